The fourth-order valence-corrected chi connectivity index (χ4v) is 3.07. The average molecular weight is 173 g/mol. The van der Waals surface area contributed by atoms with Crippen LogP contribution >= 0.6 is 32.9 Å². The van der Waals surface area contributed by atoms with Gasteiger partial charge in [-0.3, -0.25) is 0 Å². The second kappa shape index (κ2) is 1.90. The molecule has 0 aliphatic rings. The maximum Gasteiger partial charge on any atom is 0.122 e. The Kier molecular flexibility index (Phi) is 1.18. The first-order valence-electron chi connectivity index (χ1n) is 2.44. The summed E-state index contributed by atoms with van der Waals surface area (Å²) in [5.74, 6) is 0. The first-order valence-corrected chi connectivity index (χ1v) is 5.00. The van der Waals surface area contributed by atoms with E-state index in [0.717, 1.165) is 4.64 Å². The van der Waals surface area contributed by atoms with E-state index in [1.54, 1.807) is 20.7 Å². The normalized spacial score (nSPS) is 10.7. The van der Waals surface area contributed by atoms with Crippen molar-refractivity contribution in [2.24, 2.45) is 0 Å². The number of hydrogen-bond acceptors (Lipinski definition) is 3. The van der Waals surface area contributed by atoms with Crippen molar-refractivity contribution in [3.05, 3.63) is 16.9 Å². The van der Waals surface area contributed by atoms with Crippen LogP contribution in [-0.4, -0.2) is 4.98 Å². The molecule has 2 rings (SSSR count). The van der Waals surface area contributed by atoms with Crippen molar-refractivity contribution in [2.45, 2.75) is 0 Å². The summed E-state index contributed by atoms with van der Waals surface area (Å²) in [5.41, 5.74) is 0. The number of aromatic amines is 1. The number of H-pyrrole nitrogens is 1. The summed E-state index contributed by atoms with van der Waals surface area (Å²) >= 11 is 5.00. The molecule has 0 aromatic carbocycles. The van der Waals surface area contributed by atoms with E-state index >= 15 is 0 Å². The van der Waals surface area contributed by atoms with Crippen molar-refractivity contribution >= 4 is 42.3 Å². The van der Waals surface area contributed by atoms with Crippen LogP contribution in [0.4, 0.5) is 0 Å². The van der Waals surface area contributed by atoms with Gasteiger partial charge in [-0.05, 0) is 6.07 Å². The van der Waals surface area contributed by atoms with Crippen LogP contribution in [0.5, 0.6) is 0 Å². The van der Waals surface area contributed by atoms with Crippen LogP contribution < -0.4 is 0 Å². The minimum Gasteiger partial charge on any atom is -0.352 e. The predicted octanol–water partition coefficient (Wildman–Crippen LogP) is 3.02. The van der Waals surface area contributed by atoms with Crippen LogP contribution in [0, 0.1) is 4.64 Å². The Morgan fingerprint density at radius 1 is 1.44 bits per heavy atom. The predicted molar refractivity (Wildman–Crippen MR) is 44.9 cm³/mol. The van der Waals surface area contributed by atoms with Crippen molar-refractivity contribution in [1.29, 1.82) is 0 Å². The number of pyridine rings is 1. The zero-order valence-corrected chi connectivity index (χ0v) is 6.83. The number of aromatic nitrogens is 1. The molecule has 0 aliphatic carbocycles. The molecule has 0 atom stereocenters. The average Bonchev–Trinajstić information content (AvgIpc) is 1.74. The molecule has 0 fully saturated rings. The standard InChI is InChI=1S/C5H3NS3/c7-5-4-3(8-9-4)1-2-6-5/h1-2H,(H,6,7). The van der Waals surface area contributed by atoms with Crippen LogP contribution in [0.2, 0.25) is 0 Å². The largest absolute Gasteiger partial charge is 0.352 e. The summed E-state index contributed by atoms with van der Waals surface area (Å²) in [4.78, 5) is 2.97. The molecule has 2 heterocycles. The SMILES string of the molecule is S=c1[nH]ccc2ssc12. The monoisotopic (exact) mass is 173 g/mol. The fourth-order valence-electron chi connectivity index (χ4n) is 0.643. The number of hydrogen-bond donors (Lipinski definition) is 1. The van der Waals surface area contributed by atoms with Crippen molar-refractivity contribution in [3.8, 4) is 0 Å². The number of nitrogens with one attached hydrogen (secondary N) is 1. The Morgan fingerprint density at radius 3 is 2.78 bits per heavy atom. The summed E-state index contributed by atoms with van der Waals surface area (Å²) in [6.45, 7) is 0. The molecule has 0 bridgehead atoms. The van der Waals surface area contributed by atoms with Crippen LogP contribution in [0.1, 0.15) is 0 Å². The Labute approximate surface area is 64.4 Å². The quantitative estimate of drug-likeness (QED) is 0.478. The highest BCUT2D eigenvalue weighted by molar-refractivity contribution is 7.79. The maximum absolute atomic E-state index is 5.00. The highest BCUT2D eigenvalue weighted by Gasteiger charge is 1.97. The van der Waals surface area contributed by atoms with Gasteiger partial charge in [0.2, 0.25) is 0 Å². The minimum absolute atomic E-state index is 0.872. The topological polar surface area (TPSA) is 15.8 Å². The van der Waals surface area contributed by atoms with E-state index in [0.29, 0.717) is 0 Å². The molecule has 46 valence electrons. The molecule has 4 heteroatoms. The smallest absolute Gasteiger partial charge is 0.122 e. The van der Waals surface area contributed by atoms with Gasteiger partial charge in [0, 0.05) is 6.20 Å². The first-order chi connectivity index (χ1) is 4.38. The van der Waals surface area contributed by atoms with E-state index in [1.807, 2.05) is 12.3 Å². The second-order valence-electron chi connectivity index (χ2n) is 1.67. The third-order valence-corrected chi connectivity index (χ3v) is 4.16. The Hall–Kier alpha value is -0.190. The van der Waals surface area contributed by atoms with Gasteiger partial charge in [-0.25, -0.2) is 0 Å². The van der Waals surface area contributed by atoms with E-state index in [9.17, 15) is 0 Å². The summed E-state index contributed by atoms with van der Waals surface area (Å²) < 4.78 is 3.41. The number of fused-ring (bicyclic) bond motifs is 1. The van der Waals surface area contributed by atoms with Gasteiger partial charge in [-0.15, -0.1) is 0 Å². The van der Waals surface area contributed by atoms with Crippen LogP contribution in [0.3, 0.4) is 0 Å². The molecule has 2 aromatic rings. The highest BCUT2D eigenvalue weighted by Crippen LogP contribution is 2.31. The van der Waals surface area contributed by atoms with Crippen molar-refractivity contribution in [2.75, 3.05) is 0 Å². The minimum atomic E-state index is 0.872. The fraction of sp³-hybridized carbons (Fsp3) is 0. The maximum atomic E-state index is 5.00. The van der Waals surface area contributed by atoms with Crippen molar-refractivity contribution in [1.82, 2.24) is 4.98 Å². The van der Waals surface area contributed by atoms with E-state index in [-0.39, 0.29) is 0 Å². The summed E-state index contributed by atoms with van der Waals surface area (Å²) in [6, 6.07) is 2.05. The molecule has 0 aliphatic heterocycles. The lowest BCUT2D eigenvalue weighted by atomic mass is 10.5. The Bertz CT molecular complexity index is 366. The molecule has 0 saturated carbocycles. The zero-order chi connectivity index (χ0) is 6.27. The van der Waals surface area contributed by atoms with Gasteiger partial charge in [-0.2, -0.15) is 0 Å². The van der Waals surface area contributed by atoms with Crippen molar-refractivity contribution in [3.63, 3.8) is 0 Å². The van der Waals surface area contributed by atoms with Crippen LogP contribution in [0.15, 0.2) is 12.3 Å². The lowest BCUT2D eigenvalue weighted by Gasteiger charge is -1.95. The molecule has 1 nitrogen and oxygen atoms in total. The van der Waals surface area contributed by atoms with E-state index in [2.05, 4.69) is 4.98 Å². The molecular weight excluding hydrogens is 170 g/mol. The molecule has 0 unspecified atom stereocenters. The molecule has 0 radical (unpaired) electrons. The van der Waals surface area contributed by atoms with Gasteiger partial charge < -0.3 is 4.98 Å². The molecule has 0 spiro atoms. The van der Waals surface area contributed by atoms with Gasteiger partial charge >= 0.3 is 0 Å². The van der Waals surface area contributed by atoms with Gasteiger partial charge in [0.1, 0.15) is 4.64 Å². The third kappa shape index (κ3) is 0.745. The van der Waals surface area contributed by atoms with E-state index in [1.165, 1.54) is 9.40 Å². The molecule has 2 aromatic heterocycles. The number of rotatable bonds is 0. The molecule has 0 saturated heterocycles. The first kappa shape index (κ1) is 5.58. The molecule has 1 N–H and O–H groups in total. The molecular formula is C5H3NS3. The van der Waals surface area contributed by atoms with Crippen LogP contribution in [0.25, 0.3) is 9.40 Å². The Balaban J connectivity index is 3.02. The van der Waals surface area contributed by atoms with E-state index < -0.39 is 0 Å². The third-order valence-electron chi connectivity index (χ3n) is 1.09. The lowest BCUT2D eigenvalue weighted by Crippen LogP contribution is -1.72. The second-order valence-corrected chi connectivity index (χ2v) is 4.26. The highest BCUT2D eigenvalue weighted by atomic mass is 32.9. The van der Waals surface area contributed by atoms with E-state index in [4.69, 9.17) is 12.2 Å². The zero-order valence-electron chi connectivity index (χ0n) is 4.38. The summed E-state index contributed by atoms with van der Waals surface area (Å²) in [7, 11) is 3.51. The van der Waals surface area contributed by atoms with Gasteiger partial charge in [0.25, 0.3) is 0 Å². The van der Waals surface area contributed by atoms with Crippen molar-refractivity contribution < 1.29 is 0 Å². The van der Waals surface area contributed by atoms with Gasteiger partial charge in [-0.1, -0.05) is 32.9 Å². The van der Waals surface area contributed by atoms with Gasteiger partial charge in [0.05, 0.1) is 9.40 Å². The molecule has 9 heavy (non-hydrogen) atoms. The van der Waals surface area contributed by atoms with Crippen LogP contribution in [-0.2, 0) is 0 Å². The lowest BCUT2D eigenvalue weighted by molar-refractivity contribution is 1.35. The summed E-state index contributed by atoms with van der Waals surface area (Å²) in [5, 5.41) is 0. The van der Waals surface area contributed by atoms with Gasteiger partial charge in [0.15, 0.2) is 0 Å². The Morgan fingerprint density at radius 2 is 2.33 bits per heavy atom. The summed E-state index contributed by atoms with van der Waals surface area (Å²) in [6.07, 6.45) is 1.88. The molecule has 0 amide bonds.